The molecule has 7 nitrogen and oxygen atoms in total. The number of nitrogens with one attached hydrogen (secondary N) is 1. The molecule has 0 radical (unpaired) electrons. The molecule has 2 aromatic carbocycles. The minimum absolute atomic E-state index is 0.0356. The molecule has 2 amide bonds. The number of hydrogen-bond donors (Lipinski definition) is 1. The Labute approximate surface area is 198 Å². The van der Waals surface area contributed by atoms with Gasteiger partial charge in [0.05, 0.1) is 28.3 Å². The number of benzene rings is 2. The predicted octanol–water partition coefficient (Wildman–Crippen LogP) is 5.37. The number of rotatable bonds is 6. The van der Waals surface area contributed by atoms with E-state index in [2.05, 4.69) is 10.3 Å². The highest BCUT2D eigenvalue weighted by Gasteiger charge is 2.32. The van der Waals surface area contributed by atoms with Crippen molar-refractivity contribution in [3.63, 3.8) is 0 Å². The van der Waals surface area contributed by atoms with E-state index in [9.17, 15) is 30.8 Å². The van der Waals surface area contributed by atoms with E-state index >= 15 is 0 Å². The summed E-state index contributed by atoms with van der Waals surface area (Å²) in [6, 6.07) is 8.08. The van der Waals surface area contributed by atoms with Gasteiger partial charge in [-0.15, -0.1) is 0 Å². The lowest BCUT2D eigenvalue weighted by molar-refractivity contribution is -0.137. The third-order valence-electron chi connectivity index (χ3n) is 5.35. The molecule has 1 aliphatic rings. The summed E-state index contributed by atoms with van der Waals surface area (Å²) in [7, 11) is -4.17. The van der Waals surface area contributed by atoms with Gasteiger partial charge >= 0.3 is 12.2 Å². The molecule has 1 N–H and O–H groups in total. The number of ether oxygens (including phenoxy) is 1. The van der Waals surface area contributed by atoms with Crippen molar-refractivity contribution in [2.24, 2.45) is 0 Å². The van der Waals surface area contributed by atoms with Crippen LogP contribution in [-0.2, 0) is 28.3 Å². The number of anilines is 1. The lowest BCUT2D eigenvalue weighted by Crippen LogP contribution is -2.38. The first-order valence-corrected chi connectivity index (χ1v) is 12.0. The van der Waals surface area contributed by atoms with Gasteiger partial charge in [-0.05, 0) is 48.9 Å². The Hall–Kier alpha value is -3.67. The van der Waals surface area contributed by atoms with Crippen molar-refractivity contribution in [3.8, 4) is 11.5 Å². The monoisotopic (exact) mass is 509 g/mol. The van der Waals surface area contributed by atoms with E-state index < -0.39 is 38.0 Å². The Kier molecular flexibility index (Phi) is 6.41. The molecule has 0 saturated carbocycles. The topological polar surface area (TPSA) is 88.6 Å². The van der Waals surface area contributed by atoms with Crippen molar-refractivity contribution in [2.45, 2.75) is 30.3 Å². The molecule has 0 bridgehead atoms. The fourth-order valence-electron chi connectivity index (χ4n) is 3.53. The molecule has 2 heterocycles. The maximum absolute atomic E-state index is 14.8. The highest BCUT2D eigenvalue weighted by atomic mass is 32.2. The number of fused-ring (bicyclic) bond motifs is 1. The number of hydrogen-bond acceptors (Lipinski definition) is 5. The SMILES string of the molecule is CCN1Cc2c(Oc3ccc(CS(=O)(=O)c4cccc(C(F)(F)F)c4)cc3F)ccnc2NC1=O. The van der Waals surface area contributed by atoms with Gasteiger partial charge in [-0.3, -0.25) is 5.32 Å². The quantitative estimate of drug-likeness (QED) is 0.451. The lowest BCUT2D eigenvalue weighted by atomic mass is 10.2. The maximum Gasteiger partial charge on any atom is 0.416 e. The van der Waals surface area contributed by atoms with Gasteiger partial charge in [0.15, 0.2) is 21.4 Å². The molecule has 0 unspecified atom stereocenters. The first kappa shape index (κ1) is 24.5. The molecular formula is C23H19F4N3O4S. The summed E-state index contributed by atoms with van der Waals surface area (Å²) >= 11 is 0. The van der Waals surface area contributed by atoms with Crippen LogP contribution >= 0.6 is 0 Å². The van der Waals surface area contributed by atoms with E-state index in [1.54, 1.807) is 6.92 Å². The average molecular weight is 509 g/mol. The molecule has 184 valence electrons. The normalized spacial score (nSPS) is 13.9. The Balaban J connectivity index is 1.56. The fraction of sp³-hybridized carbons (Fsp3) is 0.217. The summed E-state index contributed by atoms with van der Waals surface area (Å²) in [5, 5.41) is 2.63. The van der Waals surface area contributed by atoms with E-state index in [4.69, 9.17) is 4.74 Å². The number of alkyl halides is 3. The van der Waals surface area contributed by atoms with Crippen molar-refractivity contribution in [2.75, 3.05) is 11.9 Å². The van der Waals surface area contributed by atoms with E-state index in [-0.39, 0.29) is 29.6 Å². The summed E-state index contributed by atoms with van der Waals surface area (Å²) in [4.78, 5) is 17.1. The second-order valence-electron chi connectivity index (χ2n) is 7.73. The van der Waals surface area contributed by atoms with Crippen molar-refractivity contribution in [1.82, 2.24) is 9.88 Å². The van der Waals surface area contributed by atoms with E-state index in [1.807, 2.05) is 0 Å². The molecule has 35 heavy (non-hydrogen) atoms. The molecule has 0 atom stereocenters. The standard InChI is InChI=1S/C23H19F4N3O4S/c1-2-30-12-17-19(8-9-28-21(17)29-22(30)31)34-20-7-6-14(10-18(20)24)13-35(32,33)16-5-3-4-15(11-16)23(25,26)27/h3-11H,2,12-13H2,1H3,(H,28,29,31). The number of aromatic nitrogens is 1. The number of carbonyl (C=O) groups excluding carboxylic acids is 1. The van der Waals surface area contributed by atoms with Gasteiger partial charge in [-0.2, -0.15) is 13.2 Å². The summed E-state index contributed by atoms with van der Waals surface area (Å²) in [5.74, 6) is -1.20. The zero-order valence-electron chi connectivity index (χ0n) is 18.3. The van der Waals surface area contributed by atoms with Crippen LogP contribution in [0, 0.1) is 5.82 Å². The van der Waals surface area contributed by atoms with Gasteiger partial charge in [-0.25, -0.2) is 22.6 Å². The van der Waals surface area contributed by atoms with Crippen molar-refractivity contribution in [3.05, 3.63) is 77.2 Å². The van der Waals surface area contributed by atoms with Crippen LogP contribution in [-0.4, -0.2) is 30.9 Å². The summed E-state index contributed by atoms with van der Waals surface area (Å²) in [6.07, 6.45) is -3.30. The van der Waals surface area contributed by atoms with E-state index in [0.29, 0.717) is 24.0 Å². The molecular weight excluding hydrogens is 490 g/mol. The second-order valence-corrected chi connectivity index (χ2v) is 9.72. The maximum atomic E-state index is 14.8. The number of carbonyl (C=O) groups is 1. The zero-order chi connectivity index (χ0) is 25.4. The van der Waals surface area contributed by atoms with Gasteiger partial charge in [-0.1, -0.05) is 12.1 Å². The predicted molar refractivity (Wildman–Crippen MR) is 118 cm³/mol. The largest absolute Gasteiger partial charge is 0.454 e. The van der Waals surface area contributed by atoms with Crippen LogP contribution in [0.4, 0.5) is 28.2 Å². The Morgan fingerprint density at radius 1 is 1.11 bits per heavy atom. The second kappa shape index (κ2) is 9.17. The van der Waals surface area contributed by atoms with Crippen LogP contribution in [0.15, 0.2) is 59.6 Å². The van der Waals surface area contributed by atoms with E-state index in [1.165, 1.54) is 29.3 Å². The van der Waals surface area contributed by atoms with Gasteiger partial charge < -0.3 is 9.64 Å². The van der Waals surface area contributed by atoms with Crippen LogP contribution in [0.25, 0.3) is 0 Å². The Morgan fingerprint density at radius 3 is 2.57 bits per heavy atom. The van der Waals surface area contributed by atoms with E-state index in [0.717, 1.165) is 24.3 Å². The van der Waals surface area contributed by atoms with Crippen LogP contribution in [0.3, 0.4) is 0 Å². The fourth-order valence-corrected chi connectivity index (χ4v) is 4.91. The van der Waals surface area contributed by atoms with Crippen LogP contribution in [0.1, 0.15) is 23.6 Å². The number of nitrogens with zero attached hydrogens (tertiary/aromatic N) is 2. The number of sulfone groups is 1. The molecule has 4 rings (SSSR count). The molecule has 0 aliphatic carbocycles. The third kappa shape index (κ3) is 5.21. The van der Waals surface area contributed by atoms with Gasteiger partial charge in [0.2, 0.25) is 0 Å². The number of urea groups is 1. The lowest BCUT2D eigenvalue weighted by Gasteiger charge is -2.28. The highest BCUT2D eigenvalue weighted by Crippen LogP contribution is 2.35. The summed E-state index contributed by atoms with van der Waals surface area (Å²) in [6.45, 7) is 2.44. The number of amides is 2. The number of halogens is 4. The van der Waals surface area contributed by atoms with Crippen molar-refractivity contribution in [1.29, 1.82) is 0 Å². The van der Waals surface area contributed by atoms with Crippen molar-refractivity contribution < 1.29 is 35.5 Å². The molecule has 0 saturated heterocycles. The van der Waals surface area contributed by atoms with Crippen LogP contribution < -0.4 is 10.1 Å². The van der Waals surface area contributed by atoms with Crippen LogP contribution in [0.5, 0.6) is 11.5 Å². The third-order valence-corrected chi connectivity index (χ3v) is 7.03. The summed E-state index contributed by atoms with van der Waals surface area (Å²) in [5.41, 5.74) is -0.509. The molecule has 12 heteroatoms. The molecule has 0 fully saturated rings. The number of pyridine rings is 1. The molecule has 1 aromatic heterocycles. The Bertz CT molecular complexity index is 1390. The first-order chi connectivity index (χ1) is 16.5. The molecule has 0 spiro atoms. The minimum atomic E-state index is -4.69. The van der Waals surface area contributed by atoms with Crippen molar-refractivity contribution >= 4 is 21.7 Å². The smallest absolute Gasteiger partial charge is 0.416 e. The first-order valence-electron chi connectivity index (χ1n) is 10.4. The van der Waals surface area contributed by atoms with Gasteiger partial charge in [0, 0.05) is 12.7 Å². The molecule has 3 aromatic rings. The minimum Gasteiger partial charge on any atom is -0.454 e. The van der Waals surface area contributed by atoms with Crippen LogP contribution in [0.2, 0.25) is 0 Å². The molecule has 1 aliphatic heterocycles. The van der Waals surface area contributed by atoms with Gasteiger partial charge in [0.1, 0.15) is 11.6 Å². The highest BCUT2D eigenvalue weighted by molar-refractivity contribution is 7.90. The average Bonchev–Trinajstić information content (AvgIpc) is 2.80. The Morgan fingerprint density at radius 2 is 1.89 bits per heavy atom. The summed E-state index contributed by atoms with van der Waals surface area (Å²) < 4.78 is 84.6. The zero-order valence-corrected chi connectivity index (χ0v) is 19.1. The van der Waals surface area contributed by atoms with Gasteiger partial charge in [0.25, 0.3) is 0 Å².